The maximum atomic E-state index is 12.0. The van der Waals surface area contributed by atoms with Crippen LogP contribution in [0.5, 0.6) is 11.5 Å². The van der Waals surface area contributed by atoms with Gasteiger partial charge in [0.25, 0.3) is 0 Å². The molecule has 104 valence electrons. The van der Waals surface area contributed by atoms with Gasteiger partial charge in [0.05, 0.1) is 7.11 Å². The van der Waals surface area contributed by atoms with Crippen LogP contribution < -0.4 is 4.74 Å². The van der Waals surface area contributed by atoms with Crippen molar-refractivity contribution < 1.29 is 19.4 Å². The lowest BCUT2D eigenvalue weighted by atomic mass is 9.91. The average Bonchev–Trinajstić information content (AvgIpc) is 2.46. The number of allylic oxidation sites excluding steroid dienone is 3. The van der Waals surface area contributed by atoms with Crippen molar-refractivity contribution in [2.75, 3.05) is 7.11 Å². The molecule has 0 saturated carbocycles. The summed E-state index contributed by atoms with van der Waals surface area (Å²) in [6, 6.07) is 4.86. The number of hydrogen-bond acceptors (Lipinski definition) is 4. The van der Waals surface area contributed by atoms with Crippen LogP contribution >= 0.6 is 0 Å². The quantitative estimate of drug-likeness (QED) is 0.855. The molecule has 0 amide bonds. The summed E-state index contributed by atoms with van der Waals surface area (Å²) in [5.41, 5.74) is 0.767. The van der Waals surface area contributed by atoms with Gasteiger partial charge in [-0.25, -0.2) is 0 Å². The molecule has 0 heterocycles. The average molecular weight is 272 g/mol. The van der Waals surface area contributed by atoms with Crippen molar-refractivity contribution in [3.8, 4) is 11.5 Å². The van der Waals surface area contributed by atoms with E-state index in [-0.39, 0.29) is 23.2 Å². The standard InChI is InChI=1S/C16H16O4/c1-20-16-10-11(3-9-15(16)19)2-8-14(18)12-4-6-13(17)7-5-12/h2-4,6,8-10,12,19H,5,7H2,1H3. The molecule has 4 heteroatoms. The second-order valence-corrected chi connectivity index (χ2v) is 4.64. The van der Waals surface area contributed by atoms with E-state index < -0.39 is 0 Å². The number of hydrogen-bond donors (Lipinski definition) is 1. The summed E-state index contributed by atoms with van der Waals surface area (Å²) in [7, 11) is 1.47. The molecule has 2 rings (SSSR count). The molecule has 1 atom stereocenters. The molecule has 20 heavy (non-hydrogen) atoms. The van der Waals surface area contributed by atoms with Gasteiger partial charge in [-0.1, -0.05) is 18.2 Å². The Labute approximate surface area is 117 Å². The fourth-order valence-electron chi connectivity index (χ4n) is 2.04. The van der Waals surface area contributed by atoms with Gasteiger partial charge in [0, 0.05) is 12.3 Å². The molecular formula is C16H16O4. The molecular weight excluding hydrogens is 256 g/mol. The van der Waals surface area contributed by atoms with Gasteiger partial charge in [0.1, 0.15) is 0 Å². The van der Waals surface area contributed by atoms with E-state index in [2.05, 4.69) is 0 Å². The van der Waals surface area contributed by atoms with Crippen LogP contribution in [-0.2, 0) is 9.59 Å². The third-order valence-electron chi connectivity index (χ3n) is 3.23. The minimum absolute atomic E-state index is 0.0270. The topological polar surface area (TPSA) is 63.6 Å². The number of carbonyl (C=O) groups excluding carboxylic acids is 2. The van der Waals surface area contributed by atoms with Gasteiger partial charge in [-0.2, -0.15) is 0 Å². The lowest BCUT2D eigenvalue weighted by molar-refractivity contribution is -0.118. The molecule has 0 radical (unpaired) electrons. The van der Waals surface area contributed by atoms with Crippen LogP contribution in [0.25, 0.3) is 6.08 Å². The number of carbonyl (C=O) groups is 2. The number of ketones is 2. The number of phenols is 1. The smallest absolute Gasteiger partial charge is 0.162 e. The van der Waals surface area contributed by atoms with Gasteiger partial charge in [0.2, 0.25) is 0 Å². The van der Waals surface area contributed by atoms with E-state index >= 15 is 0 Å². The Morgan fingerprint density at radius 2 is 2.25 bits per heavy atom. The van der Waals surface area contributed by atoms with Crippen molar-refractivity contribution in [2.24, 2.45) is 5.92 Å². The molecule has 1 N–H and O–H groups in total. The van der Waals surface area contributed by atoms with Crippen LogP contribution in [0.1, 0.15) is 18.4 Å². The highest BCUT2D eigenvalue weighted by Gasteiger charge is 2.17. The van der Waals surface area contributed by atoms with E-state index in [1.165, 1.54) is 25.3 Å². The van der Waals surface area contributed by atoms with Gasteiger partial charge >= 0.3 is 0 Å². The molecule has 1 aliphatic rings. The molecule has 0 aliphatic heterocycles. The van der Waals surface area contributed by atoms with Crippen LogP contribution in [0.15, 0.2) is 36.4 Å². The fourth-order valence-corrected chi connectivity index (χ4v) is 2.04. The van der Waals surface area contributed by atoms with Crippen molar-refractivity contribution in [1.82, 2.24) is 0 Å². The second kappa shape index (κ2) is 6.19. The fraction of sp³-hybridized carbons (Fsp3) is 0.250. The van der Waals surface area contributed by atoms with E-state index in [0.29, 0.717) is 18.6 Å². The van der Waals surface area contributed by atoms with Gasteiger partial charge in [-0.15, -0.1) is 0 Å². The third kappa shape index (κ3) is 3.35. The van der Waals surface area contributed by atoms with E-state index in [0.717, 1.165) is 5.56 Å². The van der Waals surface area contributed by atoms with E-state index in [1.807, 2.05) is 0 Å². The van der Waals surface area contributed by atoms with Crippen LogP contribution in [-0.4, -0.2) is 23.8 Å². The Balaban J connectivity index is 2.07. The normalized spacial score (nSPS) is 18.4. The number of methoxy groups -OCH3 is 1. The zero-order valence-corrected chi connectivity index (χ0v) is 11.2. The summed E-state index contributed by atoms with van der Waals surface area (Å²) < 4.78 is 5.00. The molecule has 1 aromatic rings. The first-order valence-corrected chi connectivity index (χ1v) is 6.40. The highest BCUT2D eigenvalue weighted by molar-refractivity contribution is 5.99. The largest absolute Gasteiger partial charge is 0.504 e. The van der Waals surface area contributed by atoms with Crippen LogP contribution in [0.3, 0.4) is 0 Å². The second-order valence-electron chi connectivity index (χ2n) is 4.64. The number of phenolic OH excluding ortho intramolecular Hbond substituents is 1. The molecule has 0 bridgehead atoms. The van der Waals surface area contributed by atoms with E-state index in [4.69, 9.17) is 4.74 Å². The summed E-state index contributed by atoms with van der Waals surface area (Å²) in [4.78, 5) is 23.0. The van der Waals surface area contributed by atoms with Crippen molar-refractivity contribution >= 4 is 17.6 Å². The number of ether oxygens (including phenoxy) is 1. The highest BCUT2D eigenvalue weighted by atomic mass is 16.5. The minimum Gasteiger partial charge on any atom is -0.504 e. The predicted octanol–water partition coefficient (Wildman–Crippen LogP) is 2.52. The maximum absolute atomic E-state index is 12.0. The number of benzene rings is 1. The molecule has 0 saturated heterocycles. The lowest BCUT2D eigenvalue weighted by Crippen LogP contribution is -2.15. The van der Waals surface area contributed by atoms with Crippen LogP contribution in [0.4, 0.5) is 0 Å². The monoisotopic (exact) mass is 272 g/mol. The Kier molecular flexibility index (Phi) is 4.35. The Morgan fingerprint density at radius 1 is 1.45 bits per heavy atom. The first-order valence-electron chi connectivity index (χ1n) is 6.40. The molecule has 0 fully saturated rings. The summed E-state index contributed by atoms with van der Waals surface area (Å²) in [6.07, 6.45) is 7.30. The van der Waals surface area contributed by atoms with Gasteiger partial charge in [0.15, 0.2) is 23.1 Å². The van der Waals surface area contributed by atoms with Gasteiger partial charge in [-0.3, -0.25) is 9.59 Å². The zero-order valence-electron chi connectivity index (χ0n) is 11.2. The minimum atomic E-state index is -0.219. The molecule has 1 aliphatic carbocycles. The number of aromatic hydroxyl groups is 1. The third-order valence-corrected chi connectivity index (χ3v) is 3.23. The maximum Gasteiger partial charge on any atom is 0.162 e. The van der Waals surface area contributed by atoms with E-state index in [1.54, 1.807) is 24.3 Å². The highest BCUT2D eigenvalue weighted by Crippen LogP contribution is 2.27. The van der Waals surface area contributed by atoms with Gasteiger partial charge in [-0.05, 0) is 36.3 Å². The summed E-state index contributed by atoms with van der Waals surface area (Å²) in [6.45, 7) is 0. The first kappa shape index (κ1) is 14.1. The first-order chi connectivity index (χ1) is 9.60. The van der Waals surface area contributed by atoms with Crippen molar-refractivity contribution in [3.05, 3.63) is 42.0 Å². The van der Waals surface area contributed by atoms with E-state index in [9.17, 15) is 14.7 Å². The molecule has 0 spiro atoms. The lowest BCUT2D eigenvalue weighted by Gasteiger charge is -2.11. The molecule has 0 aromatic heterocycles. The Hall–Kier alpha value is -2.36. The van der Waals surface area contributed by atoms with Crippen molar-refractivity contribution in [2.45, 2.75) is 12.8 Å². The van der Waals surface area contributed by atoms with Gasteiger partial charge < -0.3 is 9.84 Å². The summed E-state index contributed by atoms with van der Waals surface area (Å²) in [5, 5.41) is 9.48. The van der Waals surface area contributed by atoms with Crippen LogP contribution in [0.2, 0.25) is 0 Å². The summed E-state index contributed by atoms with van der Waals surface area (Å²) in [5.74, 6) is 0.248. The van der Waals surface area contributed by atoms with Crippen LogP contribution in [0, 0.1) is 5.92 Å². The molecule has 1 aromatic carbocycles. The number of rotatable bonds is 4. The molecule has 4 nitrogen and oxygen atoms in total. The summed E-state index contributed by atoms with van der Waals surface area (Å²) >= 11 is 0. The van der Waals surface area contributed by atoms with Crippen molar-refractivity contribution in [1.29, 1.82) is 0 Å². The SMILES string of the molecule is COc1cc(C=CC(=O)C2C=CC(=O)CC2)ccc1O. The predicted molar refractivity (Wildman–Crippen MR) is 75.6 cm³/mol. The van der Waals surface area contributed by atoms with Crippen molar-refractivity contribution in [3.63, 3.8) is 0 Å². The Morgan fingerprint density at radius 3 is 2.90 bits per heavy atom. The molecule has 1 unspecified atom stereocenters. The zero-order chi connectivity index (χ0) is 14.5. The Bertz CT molecular complexity index is 584.